The van der Waals surface area contributed by atoms with Gasteiger partial charge in [-0.15, -0.1) is 0 Å². The first kappa shape index (κ1) is 13.3. The van der Waals surface area contributed by atoms with Gasteiger partial charge in [0.15, 0.2) is 0 Å². The molecular formula is C18H20FN. The number of aryl methyl sites for hydroxylation is 1. The second-order valence-corrected chi connectivity index (χ2v) is 5.44. The van der Waals surface area contributed by atoms with Gasteiger partial charge in [-0.05, 0) is 55.0 Å². The SMILES string of the molecule is Fc1ccccc1CCNC1CCCc2ccccc21. The molecule has 1 N–H and O–H groups in total. The Bertz CT molecular complexity index is 579. The van der Waals surface area contributed by atoms with Gasteiger partial charge in [0.2, 0.25) is 0 Å². The minimum atomic E-state index is -0.0988. The average Bonchev–Trinajstić information content (AvgIpc) is 2.49. The van der Waals surface area contributed by atoms with Crippen LogP contribution in [-0.4, -0.2) is 6.54 Å². The third kappa shape index (κ3) is 2.91. The van der Waals surface area contributed by atoms with Gasteiger partial charge in [0, 0.05) is 6.04 Å². The van der Waals surface area contributed by atoms with Gasteiger partial charge in [0.05, 0.1) is 0 Å². The third-order valence-corrected chi connectivity index (χ3v) is 4.11. The Hall–Kier alpha value is -1.67. The largest absolute Gasteiger partial charge is 0.310 e. The molecule has 2 aromatic rings. The van der Waals surface area contributed by atoms with E-state index in [2.05, 4.69) is 29.6 Å². The number of nitrogens with one attached hydrogen (secondary N) is 1. The van der Waals surface area contributed by atoms with Crippen molar-refractivity contribution >= 4 is 0 Å². The maximum Gasteiger partial charge on any atom is 0.126 e. The lowest BCUT2D eigenvalue weighted by molar-refractivity contribution is 0.460. The number of benzene rings is 2. The smallest absolute Gasteiger partial charge is 0.126 e. The molecule has 0 aromatic heterocycles. The summed E-state index contributed by atoms with van der Waals surface area (Å²) >= 11 is 0. The van der Waals surface area contributed by atoms with Crippen LogP contribution < -0.4 is 5.32 Å². The quantitative estimate of drug-likeness (QED) is 0.883. The lowest BCUT2D eigenvalue weighted by Crippen LogP contribution is -2.27. The normalized spacial score (nSPS) is 17.8. The Morgan fingerprint density at radius 2 is 1.85 bits per heavy atom. The summed E-state index contributed by atoms with van der Waals surface area (Å²) in [5, 5.41) is 3.59. The van der Waals surface area contributed by atoms with E-state index in [9.17, 15) is 4.39 Å². The maximum atomic E-state index is 13.6. The highest BCUT2D eigenvalue weighted by Gasteiger charge is 2.18. The Kier molecular flexibility index (Phi) is 4.12. The van der Waals surface area contributed by atoms with E-state index >= 15 is 0 Å². The Morgan fingerprint density at radius 3 is 2.75 bits per heavy atom. The van der Waals surface area contributed by atoms with E-state index in [4.69, 9.17) is 0 Å². The van der Waals surface area contributed by atoms with Crippen molar-refractivity contribution in [1.29, 1.82) is 0 Å². The zero-order valence-corrected chi connectivity index (χ0v) is 11.6. The van der Waals surface area contributed by atoms with Crippen molar-refractivity contribution in [3.8, 4) is 0 Å². The van der Waals surface area contributed by atoms with Gasteiger partial charge in [-0.25, -0.2) is 4.39 Å². The summed E-state index contributed by atoms with van der Waals surface area (Å²) in [7, 11) is 0. The summed E-state index contributed by atoms with van der Waals surface area (Å²) in [6.07, 6.45) is 4.33. The number of hydrogen-bond donors (Lipinski definition) is 1. The van der Waals surface area contributed by atoms with Gasteiger partial charge >= 0.3 is 0 Å². The summed E-state index contributed by atoms with van der Waals surface area (Å²) in [6, 6.07) is 16.1. The molecular weight excluding hydrogens is 249 g/mol. The lowest BCUT2D eigenvalue weighted by atomic mass is 9.87. The Balaban J connectivity index is 1.61. The number of fused-ring (bicyclic) bond motifs is 1. The molecule has 1 unspecified atom stereocenters. The van der Waals surface area contributed by atoms with Crippen molar-refractivity contribution in [3.63, 3.8) is 0 Å². The molecule has 0 spiro atoms. The molecule has 1 aliphatic rings. The van der Waals surface area contributed by atoms with Gasteiger partial charge in [-0.2, -0.15) is 0 Å². The minimum absolute atomic E-state index is 0.0988. The minimum Gasteiger partial charge on any atom is -0.310 e. The van der Waals surface area contributed by atoms with E-state index in [1.807, 2.05) is 12.1 Å². The Morgan fingerprint density at radius 1 is 1.05 bits per heavy atom. The molecule has 2 heteroatoms. The van der Waals surface area contributed by atoms with Gasteiger partial charge in [-0.3, -0.25) is 0 Å². The molecule has 0 heterocycles. The zero-order valence-electron chi connectivity index (χ0n) is 11.6. The van der Waals surface area contributed by atoms with Gasteiger partial charge < -0.3 is 5.32 Å². The molecule has 2 aromatic carbocycles. The molecule has 1 atom stereocenters. The Labute approximate surface area is 119 Å². The molecule has 0 fully saturated rings. The van der Waals surface area contributed by atoms with Crippen LogP contribution >= 0.6 is 0 Å². The van der Waals surface area contributed by atoms with Crippen LogP contribution in [0.15, 0.2) is 48.5 Å². The monoisotopic (exact) mass is 269 g/mol. The fourth-order valence-corrected chi connectivity index (χ4v) is 3.05. The molecule has 1 nitrogen and oxygen atoms in total. The maximum absolute atomic E-state index is 13.6. The highest BCUT2D eigenvalue weighted by molar-refractivity contribution is 5.32. The summed E-state index contributed by atoms with van der Waals surface area (Å²) in [5.41, 5.74) is 3.68. The highest BCUT2D eigenvalue weighted by atomic mass is 19.1. The lowest BCUT2D eigenvalue weighted by Gasteiger charge is -2.26. The molecule has 0 radical (unpaired) electrons. The first-order valence-corrected chi connectivity index (χ1v) is 7.39. The van der Waals surface area contributed by atoms with Crippen LogP contribution in [0.25, 0.3) is 0 Å². The highest BCUT2D eigenvalue weighted by Crippen LogP contribution is 2.29. The predicted molar refractivity (Wildman–Crippen MR) is 80.2 cm³/mol. The van der Waals surface area contributed by atoms with Crippen LogP contribution in [0.1, 0.15) is 35.6 Å². The van der Waals surface area contributed by atoms with Gasteiger partial charge in [-0.1, -0.05) is 42.5 Å². The molecule has 0 bridgehead atoms. The van der Waals surface area contributed by atoms with Crippen LogP contribution in [0.2, 0.25) is 0 Å². The van der Waals surface area contributed by atoms with Crippen molar-refractivity contribution in [2.24, 2.45) is 0 Å². The molecule has 0 saturated heterocycles. The summed E-state index contributed by atoms with van der Waals surface area (Å²) < 4.78 is 13.6. The van der Waals surface area contributed by atoms with E-state index in [1.54, 1.807) is 6.07 Å². The standard InChI is InChI=1S/C18H20FN/c19-17-10-4-2-7-15(17)12-13-20-18-11-5-8-14-6-1-3-9-16(14)18/h1-4,6-7,9-10,18,20H,5,8,11-13H2. The molecule has 0 aliphatic heterocycles. The molecule has 1 aliphatic carbocycles. The molecule has 104 valence electrons. The van der Waals surface area contributed by atoms with Crippen LogP contribution in [0.3, 0.4) is 0 Å². The summed E-state index contributed by atoms with van der Waals surface area (Å²) in [6.45, 7) is 0.819. The summed E-state index contributed by atoms with van der Waals surface area (Å²) in [5.74, 6) is -0.0988. The van der Waals surface area contributed by atoms with Crippen LogP contribution in [-0.2, 0) is 12.8 Å². The van der Waals surface area contributed by atoms with E-state index in [-0.39, 0.29) is 5.82 Å². The topological polar surface area (TPSA) is 12.0 Å². The second-order valence-electron chi connectivity index (χ2n) is 5.44. The van der Waals surface area contributed by atoms with Crippen molar-refractivity contribution in [3.05, 3.63) is 71.0 Å². The molecule has 20 heavy (non-hydrogen) atoms. The van der Waals surface area contributed by atoms with Crippen LogP contribution in [0.4, 0.5) is 4.39 Å². The van der Waals surface area contributed by atoms with Crippen LogP contribution in [0.5, 0.6) is 0 Å². The van der Waals surface area contributed by atoms with Crippen molar-refractivity contribution in [2.75, 3.05) is 6.54 Å². The van der Waals surface area contributed by atoms with Crippen molar-refractivity contribution < 1.29 is 4.39 Å². The molecule has 0 amide bonds. The third-order valence-electron chi connectivity index (χ3n) is 4.11. The van der Waals surface area contributed by atoms with E-state index in [1.165, 1.54) is 36.5 Å². The summed E-state index contributed by atoms with van der Waals surface area (Å²) in [4.78, 5) is 0. The molecule has 3 rings (SSSR count). The number of hydrogen-bond acceptors (Lipinski definition) is 1. The van der Waals surface area contributed by atoms with Gasteiger partial charge in [0.25, 0.3) is 0 Å². The van der Waals surface area contributed by atoms with Crippen molar-refractivity contribution in [2.45, 2.75) is 31.7 Å². The van der Waals surface area contributed by atoms with Crippen molar-refractivity contribution in [1.82, 2.24) is 5.32 Å². The van der Waals surface area contributed by atoms with E-state index in [0.29, 0.717) is 6.04 Å². The predicted octanol–water partition coefficient (Wildman–Crippen LogP) is 4.04. The fraction of sp³-hybridized carbons (Fsp3) is 0.333. The van der Waals surface area contributed by atoms with Gasteiger partial charge in [0.1, 0.15) is 5.82 Å². The van der Waals surface area contributed by atoms with E-state index in [0.717, 1.165) is 18.5 Å². The average molecular weight is 269 g/mol. The zero-order chi connectivity index (χ0) is 13.8. The van der Waals surface area contributed by atoms with E-state index < -0.39 is 0 Å². The molecule has 0 saturated carbocycles. The number of halogens is 1. The fourth-order valence-electron chi connectivity index (χ4n) is 3.05. The number of rotatable bonds is 4. The first-order valence-electron chi connectivity index (χ1n) is 7.39. The second kappa shape index (κ2) is 6.19. The first-order chi connectivity index (χ1) is 9.84. The van der Waals surface area contributed by atoms with Crippen LogP contribution in [0, 0.1) is 5.82 Å².